The maximum atomic E-state index is 13.9. The summed E-state index contributed by atoms with van der Waals surface area (Å²) in [6, 6.07) is 5.30. The van der Waals surface area contributed by atoms with Crippen LogP contribution in [0.5, 0.6) is 0 Å². The van der Waals surface area contributed by atoms with Gasteiger partial charge in [-0.3, -0.25) is 0 Å². The van der Waals surface area contributed by atoms with E-state index in [4.69, 9.17) is 10.3 Å². The Labute approximate surface area is 112 Å². The number of halogens is 3. The molecule has 3 atom stereocenters. The second-order valence-electron chi connectivity index (χ2n) is 4.75. The molecule has 0 bridgehead atoms. The van der Waals surface area contributed by atoms with Crippen molar-refractivity contribution < 1.29 is 23.0 Å². The fraction of sp³-hybridized carbons (Fsp3) is 0.500. The molecule has 108 valence electrons. The number of aliphatic hydroxyl groups is 1. The van der Waals surface area contributed by atoms with Crippen LogP contribution < -0.4 is 0 Å². The summed E-state index contributed by atoms with van der Waals surface area (Å²) >= 11 is 0. The molecule has 1 saturated heterocycles. The van der Waals surface area contributed by atoms with Crippen LogP contribution in [0.4, 0.5) is 13.2 Å². The summed E-state index contributed by atoms with van der Waals surface area (Å²) in [7, 11) is 0. The highest BCUT2D eigenvalue weighted by molar-refractivity contribution is 5.29. The van der Waals surface area contributed by atoms with E-state index in [1.165, 1.54) is 25.1 Å². The fourth-order valence-electron chi connectivity index (χ4n) is 2.30. The van der Waals surface area contributed by atoms with Gasteiger partial charge < -0.3 is 9.84 Å². The smallest absolute Gasteiger partial charge is 0.298 e. The van der Waals surface area contributed by atoms with Crippen molar-refractivity contribution in [3.8, 4) is 0 Å². The highest BCUT2D eigenvalue weighted by Crippen LogP contribution is 2.42. The van der Waals surface area contributed by atoms with E-state index in [9.17, 15) is 18.3 Å². The van der Waals surface area contributed by atoms with Crippen LogP contribution in [0.2, 0.25) is 0 Å². The van der Waals surface area contributed by atoms with Gasteiger partial charge in [0.2, 0.25) is 0 Å². The van der Waals surface area contributed by atoms with Crippen LogP contribution in [0.25, 0.3) is 10.4 Å². The van der Waals surface area contributed by atoms with Crippen LogP contribution in [0.1, 0.15) is 12.5 Å². The third-order valence-corrected chi connectivity index (χ3v) is 3.40. The summed E-state index contributed by atoms with van der Waals surface area (Å²) in [4.78, 5) is 2.57. The van der Waals surface area contributed by atoms with Crippen LogP contribution in [-0.2, 0) is 10.3 Å². The van der Waals surface area contributed by atoms with Gasteiger partial charge in [0.1, 0.15) is 30.2 Å². The van der Waals surface area contributed by atoms with Gasteiger partial charge in [0.15, 0.2) is 0 Å². The van der Waals surface area contributed by atoms with Gasteiger partial charge in [-0.05, 0) is 18.5 Å². The van der Waals surface area contributed by atoms with E-state index in [0.29, 0.717) is 0 Å². The molecule has 1 fully saturated rings. The fourth-order valence-corrected chi connectivity index (χ4v) is 2.30. The molecule has 0 unspecified atom stereocenters. The van der Waals surface area contributed by atoms with Crippen molar-refractivity contribution in [3.63, 3.8) is 0 Å². The number of ether oxygens (including phenoxy) is 1. The van der Waals surface area contributed by atoms with Gasteiger partial charge in [0.05, 0.1) is 0 Å². The summed E-state index contributed by atoms with van der Waals surface area (Å²) in [6.45, 7) is 0.240. The minimum absolute atomic E-state index is 0.112. The van der Waals surface area contributed by atoms with Crippen LogP contribution in [0.3, 0.4) is 0 Å². The van der Waals surface area contributed by atoms with E-state index in [1.54, 1.807) is 0 Å². The lowest BCUT2D eigenvalue weighted by Crippen LogP contribution is -2.46. The summed E-state index contributed by atoms with van der Waals surface area (Å²) < 4.78 is 45.5. The molecule has 20 heavy (non-hydrogen) atoms. The Balaban J connectivity index is 2.52. The molecule has 0 amide bonds. The van der Waals surface area contributed by atoms with Gasteiger partial charge in [-0.15, -0.1) is 0 Å². The zero-order valence-corrected chi connectivity index (χ0v) is 10.5. The lowest BCUT2D eigenvalue weighted by molar-refractivity contribution is -0.0869. The van der Waals surface area contributed by atoms with Gasteiger partial charge in [-0.1, -0.05) is 23.3 Å². The molecular formula is C12H12F3N3O2. The van der Waals surface area contributed by atoms with Crippen molar-refractivity contribution >= 4 is 0 Å². The van der Waals surface area contributed by atoms with Gasteiger partial charge >= 0.3 is 0 Å². The van der Waals surface area contributed by atoms with Gasteiger partial charge in [0.25, 0.3) is 5.92 Å². The number of benzene rings is 1. The number of rotatable bonds is 3. The lowest BCUT2D eigenvalue weighted by Gasteiger charge is -2.32. The van der Waals surface area contributed by atoms with E-state index >= 15 is 0 Å². The van der Waals surface area contributed by atoms with E-state index in [1.807, 2.05) is 0 Å². The first-order valence-electron chi connectivity index (χ1n) is 5.81. The molecule has 1 aliphatic heterocycles. The Morgan fingerprint density at radius 1 is 1.50 bits per heavy atom. The van der Waals surface area contributed by atoms with E-state index in [-0.39, 0.29) is 5.56 Å². The Hall–Kier alpha value is -1.76. The first kappa shape index (κ1) is 14.6. The second kappa shape index (κ2) is 4.97. The Kier molecular flexibility index (Phi) is 3.64. The highest BCUT2D eigenvalue weighted by Gasteiger charge is 2.57. The first-order valence-corrected chi connectivity index (χ1v) is 5.81. The summed E-state index contributed by atoms with van der Waals surface area (Å²) in [6.07, 6.45) is -3.72. The number of nitrogens with zero attached hydrogens (tertiary/aromatic N) is 3. The number of hydrogen-bond acceptors (Lipinski definition) is 3. The normalized spacial score (nSPS) is 27.6. The molecule has 0 aromatic heterocycles. The highest BCUT2D eigenvalue weighted by atomic mass is 19.3. The maximum Gasteiger partial charge on any atom is 0.298 e. The summed E-state index contributed by atoms with van der Waals surface area (Å²) in [5, 5.41) is 13.1. The number of alkyl halides is 2. The van der Waals surface area contributed by atoms with E-state index in [2.05, 4.69) is 10.0 Å². The summed E-state index contributed by atoms with van der Waals surface area (Å²) in [5.41, 5.74) is 6.75. The average Bonchev–Trinajstić information content (AvgIpc) is 2.65. The van der Waals surface area contributed by atoms with Gasteiger partial charge in [0, 0.05) is 10.5 Å². The molecule has 8 heteroatoms. The monoisotopic (exact) mass is 287 g/mol. The molecule has 1 aromatic rings. The maximum absolute atomic E-state index is 13.9. The third-order valence-electron chi connectivity index (χ3n) is 3.40. The van der Waals surface area contributed by atoms with E-state index in [0.717, 1.165) is 6.07 Å². The van der Waals surface area contributed by atoms with Gasteiger partial charge in [-0.2, -0.15) is 0 Å². The van der Waals surface area contributed by atoms with Crippen molar-refractivity contribution in [1.29, 1.82) is 0 Å². The van der Waals surface area contributed by atoms with Crippen LogP contribution >= 0.6 is 0 Å². The summed E-state index contributed by atoms with van der Waals surface area (Å²) in [5.74, 6) is -4.20. The Morgan fingerprint density at radius 3 is 2.65 bits per heavy atom. The number of hydrogen-bond donors (Lipinski definition) is 1. The minimum Gasteiger partial charge on any atom is -0.384 e. The van der Waals surface area contributed by atoms with Crippen molar-refractivity contribution in [3.05, 3.63) is 46.1 Å². The van der Waals surface area contributed by atoms with E-state index < -0.39 is 36.1 Å². The predicted octanol–water partition coefficient (Wildman–Crippen LogP) is 2.75. The lowest BCUT2D eigenvalue weighted by atomic mass is 9.83. The molecule has 2 rings (SSSR count). The molecule has 0 radical (unpaired) electrons. The van der Waals surface area contributed by atoms with Crippen LogP contribution in [-0.4, -0.2) is 29.8 Å². The Morgan fingerprint density at radius 2 is 2.15 bits per heavy atom. The second-order valence-corrected chi connectivity index (χ2v) is 4.75. The Bertz CT molecular complexity index is 563. The third kappa shape index (κ3) is 2.22. The topological polar surface area (TPSA) is 78.2 Å². The van der Waals surface area contributed by atoms with Crippen molar-refractivity contribution in [2.75, 3.05) is 6.61 Å². The quantitative estimate of drug-likeness (QED) is 0.527. The number of azide groups is 1. The largest absolute Gasteiger partial charge is 0.384 e. The molecule has 0 aliphatic carbocycles. The molecule has 1 aliphatic rings. The molecule has 0 spiro atoms. The molecular weight excluding hydrogens is 275 g/mol. The zero-order chi connectivity index (χ0) is 15.0. The van der Waals surface area contributed by atoms with Gasteiger partial charge in [-0.25, -0.2) is 13.2 Å². The predicted molar refractivity (Wildman–Crippen MR) is 63.6 cm³/mol. The molecule has 5 nitrogen and oxygen atoms in total. The van der Waals surface area contributed by atoms with Crippen LogP contribution in [0.15, 0.2) is 29.4 Å². The van der Waals surface area contributed by atoms with Crippen molar-refractivity contribution in [1.82, 2.24) is 0 Å². The molecule has 1 heterocycles. The van der Waals surface area contributed by atoms with Crippen molar-refractivity contribution in [2.24, 2.45) is 5.11 Å². The average molecular weight is 287 g/mol. The van der Waals surface area contributed by atoms with Crippen LogP contribution in [0, 0.1) is 5.82 Å². The molecule has 0 saturated carbocycles. The standard InChI is InChI=1S/C12H12F3N3O2/c1-11(17-18-16,7-4-2-3-5-8(7)13)10-9(19)12(14,15)6-20-10/h2-5,9-10,19H,6H2,1H3/t9-,10-,11+/m0/s1. The minimum atomic E-state index is -3.47. The molecule has 1 N–H and O–H groups in total. The first-order chi connectivity index (χ1) is 9.33. The number of aliphatic hydroxyl groups excluding tert-OH is 1. The van der Waals surface area contributed by atoms with Crippen molar-refractivity contribution in [2.45, 2.75) is 30.6 Å². The SMILES string of the molecule is C[C@@](N=[N+]=[N-])(c1ccccc1F)[C@H]1OCC(F)(F)[C@H]1O. The zero-order valence-electron chi connectivity index (χ0n) is 10.5. The molecule has 1 aromatic carbocycles.